The van der Waals surface area contributed by atoms with Crippen LogP contribution in [-0.4, -0.2) is 15.6 Å². The van der Waals surface area contributed by atoms with Gasteiger partial charge in [-0.25, -0.2) is 4.98 Å². The Bertz CT molecular complexity index is 272. The van der Waals surface area contributed by atoms with E-state index in [1.165, 1.54) is 5.69 Å². The molecule has 1 atom stereocenters. The third kappa shape index (κ3) is 2.36. The van der Waals surface area contributed by atoms with E-state index in [0.717, 1.165) is 25.2 Å². The Morgan fingerprint density at radius 3 is 2.92 bits per heavy atom. The minimum atomic E-state index is 0. The van der Waals surface area contributed by atoms with E-state index >= 15 is 0 Å². The molecule has 1 aromatic heterocycles. The standard InChI is InChI=1S/C8H13N3.2ClH/c1-6-10-5-8-4-7(9)2-3-11(6)8;;/h5,7H,2-4,9H2,1H3;2*1H. The van der Waals surface area contributed by atoms with E-state index in [1.54, 1.807) is 0 Å². The largest absolute Gasteiger partial charge is 0.332 e. The molecule has 76 valence electrons. The monoisotopic (exact) mass is 223 g/mol. The van der Waals surface area contributed by atoms with Crippen molar-refractivity contribution >= 4 is 24.8 Å². The van der Waals surface area contributed by atoms with Gasteiger partial charge in [0, 0.05) is 30.9 Å². The molecule has 0 fully saturated rings. The first-order valence-electron chi connectivity index (χ1n) is 4.04. The second-order valence-electron chi connectivity index (χ2n) is 3.20. The Morgan fingerprint density at radius 2 is 2.23 bits per heavy atom. The zero-order valence-corrected chi connectivity index (χ0v) is 9.20. The average molecular weight is 224 g/mol. The molecule has 0 spiro atoms. The molecule has 1 aliphatic rings. The minimum absolute atomic E-state index is 0. The Balaban J connectivity index is 0.000000720. The van der Waals surface area contributed by atoms with E-state index in [1.807, 2.05) is 13.1 Å². The molecular formula is C8H15Cl2N3. The lowest BCUT2D eigenvalue weighted by Crippen LogP contribution is -2.30. The second kappa shape index (κ2) is 4.84. The van der Waals surface area contributed by atoms with Crippen LogP contribution in [0, 0.1) is 6.92 Å². The van der Waals surface area contributed by atoms with E-state index < -0.39 is 0 Å². The average Bonchev–Trinajstić information content (AvgIpc) is 2.32. The summed E-state index contributed by atoms with van der Waals surface area (Å²) in [4.78, 5) is 4.24. The van der Waals surface area contributed by atoms with Crippen molar-refractivity contribution in [2.45, 2.75) is 32.4 Å². The van der Waals surface area contributed by atoms with Crippen LogP contribution in [0.25, 0.3) is 0 Å². The van der Waals surface area contributed by atoms with Crippen molar-refractivity contribution in [2.24, 2.45) is 5.73 Å². The van der Waals surface area contributed by atoms with Gasteiger partial charge in [-0.15, -0.1) is 24.8 Å². The molecule has 1 unspecified atom stereocenters. The molecule has 1 aliphatic heterocycles. The zero-order chi connectivity index (χ0) is 7.84. The molecular weight excluding hydrogens is 209 g/mol. The van der Waals surface area contributed by atoms with Gasteiger partial charge in [-0.2, -0.15) is 0 Å². The maximum atomic E-state index is 5.82. The fourth-order valence-corrected chi connectivity index (χ4v) is 1.65. The smallest absolute Gasteiger partial charge is 0.105 e. The summed E-state index contributed by atoms with van der Waals surface area (Å²) < 4.78 is 2.25. The quantitative estimate of drug-likeness (QED) is 0.722. The molecule has 0 saturated heterocycles. The van der Waals surface area contributed by atoms with Crippen LogP contribution in [0.2, 0.25) is 0 Å². The van der Waals surface area contributed by atoms with Crippen molar-refractivity contribution in [1.82, 2.24) is 9.55 Å². The highest BCUT2D eigenvalue weighted by Gasteiger charge is 2.16. The first-order chi connectivity index (χ1) is 5.27. The maximum Gasteiger partial charge on any atom is 0.105 e. The van der Waals surface area contributed by atoms with Gasteiger partial charge in [-0.3, -0.25) is 0 Å². The van der Waals surface area contributed by atoms with Crippen molar-refractivity contribution in [2.75, 3.05) is 0 Å². The molecule has 5 heteroatoms. The predicted octanol–water partition coefficient (Wildman–Crippen LogP) is 1.31. The number of aromatic nitrogens is 2. The van der Waals surface area contributed by atoms with Gasteiger partial charge in [0.1, 0.15) is 5.82 Å². The predicted molar refractivity (Wildman–Crippen MR) is 57.8 cm³/mol. The third-order valence-electron chi connectivity index (χ3n) is 2.33. The number of aryl methyl sites for hydroxylation is 1. The van der Waals surface area contributed by atoms with Crippen LogP contribution in [0.4, 0.5) is 0 Å². The Hall–Kier alpha value is -0.250. The number of imidazole rings is 1. The number of fused-ring (bicyclic) bond motifs is 1. The van der Waals surface area contributed by atoms with Crippen LogP contribution in [0.3, 0.4) is 0 Å². The van der Waals surface area contributed by atoms with Crippen LogP contribution in [-0.2, 0) is 13.0 Å². The highest BCUT2D eigenvalue weighted by atomic mass is 35.5. The molecule has 0 bridgehead atoms. The van der Waals surface area contributed by atoms with Gasteiger partial charge in [0.15, 0.2) is 0 Å². The van der Waals surface area contributed by atoms with Gasteiger partial charge in [-0.1, -0.05) is 0 Å². The summed E-state index contributed by atoms with van der Waals surface area (Å²) in [5.74, 6) is 1.12. The molecule has 0 saturated carbocycles. The van der Waals surface area contributed by atoms with Crippen LogP contribution in [0.1, 0.15) is 17.9 Å². The number of nitrogens with zero attached hydrogens (tertiary/aromatic N) is 2. The van der Waals surface area contributed by atoms with E-state index in [-0.39, 0.29) is 24.8 Å². The summed E-state index contributed by atoms with van der Waals surface area (Å²) in [6.07, 6.45) is 4.01. The number of hydrogen-bond acceptors (Lipinski definition) is 2. The Morgan fingerprint density at radius 1 is 1.54 bits per heavy atom. The van der Waals surface area contributed by atoms with Crippen LogP contribution in [0.5, 0.6) is 0 Å². The van der Waals surface area contributed by atoms with Crippen LogP contribution in [0.15, 0.2) is 6.20 Å². The lowest BCUT2D eigenvalue weighted by atomic mass is 10.1. The Labute approximate surface area is 90.5 Å². The van der Waals surface area contributed by atoms with Gasteiger partial charge >= 0.3 is 0 Å². The molecule has 3 nitrogen and oxygen atoms in total. The third-order valence-corrected chi connectivity index (χ3v) is 2.33. The number of rotatable bonds is 0. The summed E-state index contributed by atoms with van der Waals surface area (Å²) in [5, 5.41) is 0. The van der Waals surface area contributed by atoms with Crippen molar-refractivity contribution < 1.29 is 0 Å². The molecule has 2 N–H and O–H groups in total. The van der Waals surface area contributed by atoms with E-state index in [2.05, 4.69) is 9.55 Å². The Kier molecular flexibility index (Phi) is 4.75. The lowest BCUT2D eigenvalue weighted by Gasteiger charge is -2.20. The van der Waals surface area contributed by atoms with E-state index in [9.17, 15) is 0 Å². The first-order valence-corrected chi connectivity index (χ1v) is 4.04. The van der Waals surface area contributed by atoms with Gasteiger partial charge < -0.3 is 10.3 Å². The molecule has 0 aliphatic carbocycles. The van der Waals surface area contributed by atoms with Gasteiger partial charge in [0.25, 0.3) is 0 Å². The van der Waals surface area contributed by atoms with Crippen molar-refractivity contribution in [3.05, 3.63) is 17.7 Å². The zero-order valence-electron chi connectivity index (χ0n) is 7.56. The van der Waals surface area contributed by atoms with Crippen molar-refractivity contribution in [1.29, 1.82) is 0 Å². The van der Waals surface area contributed by atoms with Crippen LogP contribution >= 0.6 is 24.8 Å². The number of hydrogen-bond donors (Lipinski definition) is 1. The normalized spacial score (nSPS) is 19.7. The summed E-state index contributed by atoms with van der Waals surface area (Å²) >= 11 is 0. The summed E-state index contributed by atoms with van der Waals surface area (Å²) in [7, 11) is 0. The lowest BCUT2D eigenvalue weighted by molar-refractivity contribution is 0.465. The summed E-state index contributed by atoms with van der Waals surface area (Å²) in [6, 6.07) is 0.346. The summed E-state index contributed by atoms with van der Waals surface area (Å²) in [5.41, 5.74) is 7.11. The van der Waals surface area contributed by atoms with Gasteiger partial charge in [-0.05, 0) is 13.3 Å². The van der Waals surface area contributed by atoms with E-state index in [4.69, 9.17) is 5.73 Å². The molecule has 0 aromatic carbocycles. The number of nitrogens with two attached hydrogens (primary N) is 1. The summed E-state index contributed by atoms with van der Waals surface area (Å²) in [6.45, 7) is 3.09. The number of halogens is 2. The topological polar surface area (TPSA) is 43.8 Å². The molecule has 2 heterocycles. The van der Waals surface area contributed by atoms with Crippen LogP contribution < -0.4 is 5.73 Å². The molecule has 0 radical (unpaired) electrons. The van der Waals surface area contributed by atoms with Gasteiger partial charge in [0.2, 0.25) is 0 Å². The van der Waals surface area contributed by atoms with Crippen molar-refractivity contribution in [3.63, 3.8) is 0 Å². The SMILES string of the molecule is Cc1ncc2n1CCC(N)C2.Cl.Cl. The highest BCUT2D eigenvalue weighted by Crippen LogP contribution is 2.14. The maximum absolute atomic E-state index is 5.82. The first kappa shape index (κ1) is 12.8. The fourth-order valence-electron chi connectivity index (χ4n) is 1.65. The van der Waals surface area contributed by atoms with E-state index in [0.29, 0.717) is 6.04 Å². The fraction of sp³-hybridized carbons (Fsp3) is 0.625. The second-order valence-corrected chi connectivity index (χ2v) is 3.20. The molecule has 13 heavy (non-hydrogen) atoms. The highest BCUT2D eigenvalue weighted by molar-refractivity contribution is 5.85. The van der Waals surface area contributed by atoms with Crippen molar-refractivity contribution in [3.8, 4) is 0 Å². The molecule has 2 rings (SSSR count). The molecule has 1 aromatic rings. The van der Waals surface area contributed by atoms with Gasteiger partial charge in [0.05, 0.1) is 0 Å². The molecule has 0 amide bonds. The minimum Gasteiger partial charge on any atom is -0.332 e.